The molecule has 0 spiro atoms. The van der Waals surface area contributed by atoms with Gasteiger partial charge in [0.1, 0.15) is 21.9 Å². The van der Waals surface area contributed by atoms with Crippen molar-refractivity contribution in [2.75, 3.05) is 20.0 Å². The average molecular weight is 524 g/mol. The van der Waals surface area contributed by atoms with Crippen LogP contribution in [0.15, 0.2) is 34.1 Å². The number of thiazole rings is 1. The van der Waals surface area contributed by atoms with E-state index >= 15 is 0 Å². The molecule has 0 saturated heterocycles. The molecule has 1 aromatic heterocycles. The number of carboxylic acids is 1. The summed E-state index contributed by atoms with van der Waals surface area (Å²) < 4.78 is 11.2. The number of hydrogen-bond acceptors (Lipinski definition) is 9. The zero-order chi connectivity index (χ0) is 26.0. The van der Waals surface area contributed by atoms with Crippen molar-refractivity contribution in [1.29, 1.82) is 0 Å². The molecule has 2 amide bonds. The van der Waals surface area contributed by atoms with Crippen molar-refractivity contribution in [1.82, 2.24) is 15.6 Å². The van der Waals surface area contributed by atoms with E-state index < -0.39 is 42.1 Å². The van der Waals surface area contributed by atoms with Gasteiger partial charge in [-0.15, -0.1) is 11.3 Å². The van der Waals surface area contributed by atoms with Gasteiger partial charge in [-0.3, -0.25) is 19.2 Å². The summed E-state index contributed by atoms with van der Waals surface area (Å²) in [5, 5.41) is 16.2. The minimum absolute atomic E-state index is 0.0416. The standard InChI is InChI=1S/C23H29N3O7S2/c1-13(2)21(26-19(28)10-14-9-15(32-3)5-6-18(14)33-4)22(31)25-16(11-20(29)30)17(27)12-35-23-24-7-8-34-23/h5-9,13,16,21H,10-12H2,1-4H3,(H,25,31)(H,26,28)(H,29,30). The first-order chi connectivity index (χ1) is 16.6. The molecule has 35 heavy (non-hydrogen) atoms. The van der Waals surface area contributed by atoms with E-state index in [4.69, 9.17) is 9.47 Å². The number of Topliss-reactive ketones (excluding diaryl/α,β-unsaturated/α-hetero) is 1. The van der Waals surface area contributed by atoms with Gasteiger partial charge in [-0.2, -0.15) is 0 Å². The second kappa shape index (κ2) is 13.7. The van der Waals surface area contributed by atoms with E-state index in [1.54, 1.807) is 43.6 Å². The molecular weight excluding hydrogens is 494 g/mol. The maximum absolute atomic E-state index is 13.0. The van der Waals surface area contributed by atoms with Crippen LogP contribution in [0.3, 0.4) is 0 Å². The summed E-state index contributed by atoms with van der Waals surface area (Å²) in [4.78, 5) is 53.8. The van der Waals surface area contributed by atoms with E-state index in [2.05, 4.69) is 15.6 Å². The Kier molecular flexibility index (Phi) is 11.0. The topological polar surface area (TPSA) is 144 Å². The van der Waals surface area contributed by atoms with Crippen LogP contribution in [0, 0.1) is 5.92 Å². The Morgan fingerprint density at radius 1 is 1.14 bits per heavy atom. The van der Waals surface area contributed by atoms with Crippen LogP contribution in [-0.2, 0) is 25.6 Å². The zero-order valence-corrected chi connectivity index (χ0v) is 21.5. The highest BCUT2D eigenvalue weighted by atomic mass is 32.2. The van der Waals surface area contributed by atoms with Gasteiger partial charge in [-0.1, -0.05) is 25.6 Å². The number of carboxylic acid groups (broad SMARTS) is 1. The smallest absolute Gasteiger partial charge is 0.305 e. The molecule has 2 rings (SSSR count). The number of ether oxygens (including phenoxy) is 2. The fourth-order valence-electron chi connectivity index (χ4n) is 3.15. The molecule has 1 aromatic carbocycles. The number of nitrogens with one attached hydrogen (secondary N) is 2. The third-order valence-electron chi connectivity index (χ3n) is 4.94. The molecule has 0 aliphatic heterocycles. The van der Waals surface area contributed by atoms with Crippen molar-refractivity contribution < 1.29 is 33.8 Å². The Hall–Kier alpha value is -3.12. The molecule has 1 heterocycles. The van der Waals surface area contributed by atoms with Crippen LogP contribution in [-0.4, -0.2) is 65.7 Å². The SMILES string of the molecule is COc1ccc(OC)c(CC(=O)NC(C(=O)NC(CC(=O)O)C(=O)CSc2nccs2)C(C)C)c1. The number of hydrogen-bond donors (Lipinski definition) is 3. The third-order valence-corrected chi connectivity index (χ3v) is 6.92. The summed E-state index contributed by atoms with van der Waals surface area (Å²) in [5.41, 5.74) is 0.574. The number of nitrogens with zero attached hydrogens (tertiary/aromatic N) is 1. The highest BCUT2D eigenvalue weighted by molar-refractivity contribution is 8.01. The first-order valence-electron chi connectivity index (χ1n) is 10.7. The van der Waals surface area contributed by atoms with Gasteiger partial charge in [-0.25, -0.2) is 4.98 Å². The van der Waals surface area contributed by atoms with Gasteiger partial charge in [0.25, 0.3) is 0 Å². The quantitative estimate of drug-likeness (QED) is 0.317. The van der Waals surface area contributed by atoms with E-state index in [0.29, 0.717) is 21.4 Å². The number of aliphatic carboxylic acids is 1. The summed E-state index contributed by atoms with van der Waals surface area (Å²) in [5.74, 6) is -2.06. The van der Waals surface area contributed by atoms with E-state index in [0.717, 1.165) is 0 Å². The van der Waals surface area contributed by atoms with Gasteiger partial charge >= 0.3 is 5.97 Å². The van der Waals surface area contributed by atoms with Gasteiger partial charge in [0.15, 0.2) is 5.78 Å². The van der Waals surface area contributed by atoms with Crippen LogP contribution in [0.2, 0.25) is 0 Å². The Morgan fingerprint density at radius 2 is 1.89 bits per heavy atom. The number of aromatic nitrogens is 1. The second-order valence-electron chi connectivity index (χ2n) is 7.86. The second-order valence-corrected chi connectivity index (χ2v) is 9.97. The fraction of sp³-hybridized carbons (Fsp3) is 0.435. The van der Waals surface area contributed by atoms with Gasteiger partial charge in [0, 0.05) is 17.1 Å². The van der Waals surface area contributed by atoms with Gasteiger partial charge in [-0.05, 0) is 24.1 Å². The molecule has 0 aliphatic rings. The number of thioether (sulfide) groups is 1. The molecule has 0 radical (unpaired) electrons. The Morgan fingerprint density at radius 3 is 2.46 bits per heavy atom. The summed E-state index contributed by atoms with van der Waals surface area (Å²) in [6.45, 7) is 3.48. The van der Waals surface area contributed by atoms with Crippen molar-refractivity contribution in [3.63, 3.8) is 0 Å². The minimum atomic E-state index is -1.23. The molecule has 0 fully saturated rings. The predicted molar refractivity (Wildman–Crippen MR) is 132 cm³/mol. The molecular formula is C23H29N3O7S2. The molecule has 12 heteroatoms. The molecule has 10 nitrogen and oxygen atoms in total. The van der Waals surface area contributed by atoms with E-state index in [-0.39, 0.29) is 18.1 Å². The van der Waals surface area contributed by atoms with Crippen LogP contribution < -0.4 is 20.1 Å². The molecule has 2 atom stereocenters. The van der Waals surface area contributed by atoms with Crippen LogP contribution in [0.5, 0.6) is 11.5 Å². The number of carbonyl (C=O) groups is 4. The summed E-state index contributed by atoms with van der Waals surface area (Å²) in [6, 6.07) is 2.85. The molecule has 0 aliphatic carbocycles. The number of ketones is 1. The summed E-state index contributed by atoms with van der Waals surface area (Å²) in [6.07, 6.45) is 0.965. The Balaban J connectivity index is 2.08. The van der Waals surface area contributed by atoms with E-state index in [9.17, 15) is 24.3 Å². The van der Waals surface area contributed by atoms with Gasteiger partial charge in [0.2, 0.25) is 11.8 Å². The van der Waals surface area contributed by atoms with Crippen molar-refractivity contribution in [3.05, 3.63) is 35.3 Å². The molecule has 190 valence electrons. The molecule has 2 aromatic rings. The molecule has 2 unspecified atom stereocenters. The van der Waals surface area contributed by atoms with Crippen LogP contribution in [0.1, 0.15) is 25.8 Å². The lowest BCUT2D eigenvalue weighted by Crippen LogP contribution is -2.54. The van der Waals surface area contributed by atoms with Crippen LogP contribution in [0.25, 0.3) is 0 Å². The van der Waals surface area contributed by atoms with Crippen molar-refractivity contribution in [2.24, 2.45) is 5.92 Å². The molecule has 3 N–H and O–H groups in total. The average Bonchev–Trinajstić information content (AvgIpc) is 3.33. The van der Waals surface area contributed by atoms with Gasteiger partial charge < -0.3 is 25.2 Å². The zero-order valence-electron chi connectivity index (χ0n) is 19.9. The molecule has 0 saturated carbocycles. The number of benzene rings is 1. The first-order valence-corrected chi connectivity index (χ1v) is 12.6. The third kappa shape index (κ3) is 8.87. The lowest BCUT2D eigenvalue weighted by atomic mass is 10.0. The number of methoxy groups -OCH3 is 2. The maximum atomic E-state index is 13.0. The normalized spacial score (nSPS) is 12.5. The molecule has 0 bridgehead atoms. The number of rotatable bonds is 14. The Bertz CT molecular complexity index is 1030. The van der Waals surface area contributed by atoms with Crippen molar-refractivity contribution in [2.45, 2.75) is 43.1 Å². The number of carbonyl (C=O) groups excluding carboxylic acids is 3. The van der Waals surface area contributed by atoms with Crippen molar-refractivity contribution >= 4 is 46.7 Å². The lowest BCUT2D eigenvalue weighted by molar-refractivity contribution is -0.140. The lowest BCUT2D eigenvalue weighted by Gasteiger charge is -2.24. The van der Waals surface area contributed by atoms with Crippen LogP contribution in [0.4, 0.5) is 0 Å². The minimum Gasteiger partial charge on any atom is -0.497 e. The predicted octanol–water partition coefficient (Wildman–Crippen LogP) is 2.16. The van der Waals surface area contributed by atoms with Crippen LogP contribution >= 0.6 is 23.1 Å². The number of amides is 2. The Labute approximate surface area is 211 Å². The highest BCUT2D eigenvalue weighted by Crippen LogP contribution is 2.24. The maximum Gasteiger partial charge on any atom is 0.305 e. The largest absolute Gasteiger partial charge is 0.497 e. The van der Waals surface area contributed by atoms with Crippen molar-refractivity contribution in [3.8, 4) is 11.5 Å². The van der Waals surface area contributed by atoms with Gasteiger partial charge in [0.05, 0.1) is 38.9 Å². The summed E-state index contributed by atoms with van der Waals surface area (Å²) in [7, 11) is 3.00. The fourth-order valence-corrected chi connectivity index (χ4v) is 4.73. The monoisotopic (exact) mass is 523 g/mol. The highest BCUT2D eigenvalue weighted by Gasteiger charge is 2.30. The van der Waals surface area contributed by atoms with E-state index in [1.165, 1.54) is 37.3 Å². The summed E-state index contributed by atoms with van der Waals surface area (Å²) >= 11 is 2.53. The first kappa shape index (κ1) is 28.1. The van der Waals surface area contributed by atoms with E-state index in [1.807, 2.05) is 0 Å².